The van der Waals surface area contributed by atoms with Gasteiger partial charge in [0.25, 0.3) is 5.91 Å². The Morgan fingerprint density at radius 1 is 1.00 bits per heavy atom. The topological polar surface area (TPSA) is 64.3 Å². The van der Waals surface area contributed by atoms with Gasteiger partial charge >= 0.3 is 6.18 Å². The van der Waals surface area contributed by atoms with Crippen molar-refractivity contribution in [2.45, 2.75) is 75.2 Å². The quantitative estimate of drug-likeness (QED) is 0.632. The first kappa shape index (κ1) is 23.3. The van der Waals surface area contributed by atoms with E-state index >= 15 is 0 Å². The molecule has 2 aromatic rings. The minimum Gasteiger partial charge on any atom is -0.376 e. The van der Waals surface area contributed by atoms with Crippen molar-refractivity contribution in [1.82, 2.24) is 4.90 Å². The molecule has 0 aromatic heterocycles. The van der Waals surface area contributed by atoms with Gasteiger partial charge in [-0.3, -0.25) is 4.79 Å². The van der Waals surface area contributed by atoms with E-state index in [9.17, 15) is 23.1 Å². The van der Waals surface area contributed by atoms with E-state index < -0.39 is 11.8 Å². The lowest BCUT2D eigenvalue weighted by Crippen LogP contribution is -2.44. The van der Waals surface area contributed by atoms with Crippen LogP contribution < -0.4 is 0 Å². The van der Waals surface area contributed by atoms with E-state index in [-0.39, 0.29) is 23.6 Å². The van der Waals surface area contributed by atoms with E-state index in [0.717, 1.165) is 44.1 Å². The normalized spacial score (nSPS) is 22.8. The van der Waals surface area contributed by atoms with Gasteiger partial charge in [-0.15, -0.1) is 0 Å². The van der Waals surface area contributed by atoms with E-state index in [4.69, 9.17) is 5.26 Å². The summed E-state index contributed by atoms with van der Waals surface area (Å²) >= 11 is 0. The Hall–Kier alpha value is -2.85. The fourth-order valence-corrected chi connectivity index (χ4v) is 4.78. The zero-order valence-electron chi connectivity index (χ0n) is 18.5. The number of halogens is 3. The summed E-state index contributed by atoms with van der Waals surface area (Å²) in [4.78, 5) is 15.3. The molecule has 7 heteroatoms. The molecule has 0 bridgehead atoms. The largest absolute Gasteiger partial charge is 0.421 e. The van der Waals surface area contributed by atoms with Crippen LogP contribution in [0, 0.1) is 11.3 Å². The van der Waals surface area contributed by atoms with Gasteiger partial charge in [0.2, 0.25) is 0 Å². The zero-order chi connectivity index (χ0) is 23.8. The van der Waals surface area contributed by atoms with Gasteiger partial charge in [0.1, 0.15) is 0 Å². The molecule has 1 N–H and O–H groups in total. The average Bonchev–Trinajstić information content (AvgIpc) is 3.64. The number of aliphatic hydroxyl groups is 1. The first-order valence-corrected chi connectivity index (χ1v) is 11.3. The van der Waals surface area contributed by atoms with Crippen LogP contribution >= 0.6 is 0 Å². The van der Waals surface area contributed by atoms with Gasteiger partial charge in [0.05, 0.1) is 11.6 Å². The van der Waals surface area contributed by atoms with Crippen LogP contribution in [0.4, 0.5) is 13.2 Å². The molecule has 174 valence electrons. The van der Waals surface area contributed by atoms with Crippen LogP contribution in [0.1, 0.15) is 78.4 Å². The maximum absolute atomic E-state index is 13.3. The molecule has 4 rings (SSSR count). The highest BCUT2D eigenvalue weighted by Crippen LogP contribution is 2.41. The molecule has 2 aliphatic rings. The summed E-state index contributed by atoms with van der Waals surface area (Å²) in [5, 5.41) is 19.0. The lowest BCUT2D eigenvalue weighted by Gasteiger charge is -2.37. The van der Waals surface area contributed by atoms with Crippen LogP contribution in [-0.2, 0) is 5.60 Å². The van der Waals surface area contributed by atoms with Crippen LogP contribution in [0.25, 0.3) is 0 Å². The van der Waals surface area contributed by atoms with E-state index in [1.54, 1.807) is 6.07 Å². The number of hydrogen-bond acceptors (Lipinski definition) is 3. The Kier molecular flexibility index (Phi) is 6.24. The number of alkyl halides is 3. The Morgan fingerprint density at radius 3 is 2.09 bits per heavy atom. The van der Waals surface area contributed by atoms with Crippen molar-refractivity contribution in [3.63, 3.8) is 0 Å². The highest BCUT2D eigenvalue weighted by atomic mass is 19.4. The van der Waals surface area contributed by atoms with Gasteiger partial charge in [-0.2, -0.15) is 18.4 Å². The lowest BCUT2D eigenvalue weighted by molar-refractivity contribution is -0.258. The van der Waals surface area contributed by atoms with Crippen molar-refractivity contribution in [3.8, 4) is 6.07 Å². The number of nitriles is 1. The van der Waals surface area contributed by atoms with Crippen molar-refractivity contribution in [2.75, 3.05) is 0 Å². The number of benzene rings is 2. The SMILES string of the molecule is C[C@](O)(c1ccc(C(=O)N(C2CCC(c3cccc(C#N)c3)CC2)C2CC2)cc1)C(F)(F)F. The van der Waals surface area contributed by atoms with Gasteiger partial charge in [-0.25, -0.2) is 0 Å². The van der Waals surface area contributed by atoms with Crippen molar-refractivity contribution in [3.05, 3.63) is 70.8 Å². The van der Waals surface area contributed by atoms with Crippen molar-refractivity contribution in [2.24, 2.45) is 0 Å². The monoisotopic (exact) mass is 456 g/mol. The predicted molar refractivity (Wildman–Crippen MR) is 117 cm³/mol. The van der Waals surface area contributed by atoms with Gasteiger partial charge in [-0.1, -0.05) is 24.3 Å². The Labute approximate surface area is 191 Å². The molecule has 1 atom stereocenters. The smallest absolute Gasteiger partial charge is 0.376 e. The second-order valence-corrected chi connectivity index (χ2v) is 9.33. The summed E-state index contributed by atoms with van der Waals surface area (Å²) < 4.78 is 39.4. The van der Waals surface area contributed by atoms with Crippen LogP contribution in [0.2, 0.25) is 0 Å². The number of carbonyl (C=O) groups is 1. The van der Waals surface area contributed by atoms with Gasteiger partial charge in [-0.05, 0) is 86.8 Å². The van der Waals surface area contributed by atoms with E-state index in [1.165, 1.54) is 24.3 Å². The zero-order valence-corrected chi connectivity index (χ0v) is 18.5. The second kappa shape index (κ2) is 8.83. The summed E-state index contributed by atoms with van der Waals surface area (Å²) in [6.07, 6.45) is 0.624. The predicted octanol–water partition coefficient (Wildman–Crippen LogP) is 5.66. The standard InChI is InChI=1S/C26H27F3N2O2/c1-25(33,26(27,28)29)21-9-5-19(6-10-21)24(32)31(23-13-14-23)22-11-7-18(8-12-22)20-4-2-3-17(15-20)16-30/h2-6,9-10,15,18,22-23,33H,7-8,11-14H2,1H3/t18?,22?,25-/m0/s1. The molecule has 2 fully saturated rings. The highest BCUT2D eigenvalue weighted by Gasteiger charge is 2.51. The maximum Gasteiger partial charge on any atom is 0.421 e. The van der Waals surface area contributed by atoms with Crippen LogP contribution in [0.5, 0.6) is 0 Å². The average molecular weight is 457 g/mol. The van der Waals surface area contributed by atoms with Crippen LogP contribution in [-0.4, -0.2) is 34.2 Å². The third-order valence-electron chi connectivity index (χ3n) is 7.00. The third-order valence-corrected chi connectivity index (χ3v) is 7.00. The van der Waals surface area contributed by atoms with Crippen molar-refractivity contribution in [1.29, 1.82) is 5.26 Å². The molecule has 33 heavy (non-hydrogen) atoms. The molecule has 2 aromatic carbocycles. The third kappa shape index (κ3) is 4.77. The van der Waals surface area contributed by atoms with Crippen molar-refractivity contribution >= 4 is 5.91 Å². The van der Waals surface area contributed by atoms with E-state index in [0.29, 0.717) is 24.0 Å². The molecule has 0 heterocycles. The van der Waals surface area contributed by atoms with Crippen LogP contribution in [0.3, 0.4) is 0 Å². The Morgan fingerprint density at radius 2 is 1.58 bits per heavy atom. The molecule has 0 unspecified atom stereocenters. The Bertz CT molecular complexity index is 1040. The molecule has 2 saturated carbocycles. The summed E-state index contributed by atoms with van der Waals surface area (Å²) in [6, 6.07) is 15.3. The molecule has 0 radical (unpaired) electrons. The number of amides is 1. The molecule has 2 aliphatic carbocycles. The molecular weight excluding hydrogens is 429 g/mol. The summed E-state index contributed by atoms with van der Waals surface area (Å²) in [6.45, 7) is 0.713. The maximum atomic E-state index is 13.3. The minimum absolute atomic E-state index is 0.0957. The fourth-order valence-electron chi connectivity index (χ4n) is 4.78. The van der Waals surface area contributed by atoms with Gasteiger partial charge < -0.3 is 10.0 Å². The molecule has 0 aliphatic heterocycles. The van der Waals surface area contributed by atoms with Gasteiger partial charge in [0, 0.05) is 17.6 Å². The fraction of sp³-hybridized carbons (Fsp3) is 0.462. The summed E-state index contributed by atoms with van der Waals surface area (Å²) in [5.41, 5.74) is -1.11. The summed E-state index contributed by atoms with van der Waals surface area (Å²) in [7, 11) is 0. The minimum atomic E-state index is -4.80. The molecule has 0 spiro atoms. The Balaban J connectivity index is 1.46. The first-order chi connectivity index (χ1) is 15.6. The van der Waals surface area contributed by atoms with E-state index in [2.05, 4.69) is 6.07 Å². The van der Waals surface area contributed by atoms with Gasteiger partial charge in [0.15, 0.2) is 5.60 Å². The second-order valence-electron chi connectivity index (χ2n) is 9.33. The molecule has 0 saturated heterocycles. The lowest BCUT2D eigenvalue weighted by atomic mass is 9.80. The number of rotatable bonds is 5. The summed E-state index contributed by atoms with van der Waals surface area (Å²) in [5.74, 6) is 0.195. The van der Waals surface area contributed by atoms with Crippen molar-refractivity contribution < 1.29 is 23.1 Å². The first-order valence-electron chi connectivity index (χ1n) is 11.3. The highest BCUT2D eigenvalue weighted by molar-refractivity contribution is 5.95. The number of nitrogens with zero attached hydrogens (tertiary/aromatic N) is 2. The van der Waals surface area contributed by atoms with E-state index in [1.807, 2.05) is 23.1 Å². The molecule has 1 amide bonds. The molecular formula is C26H27F3N2O2. The van der Waals surface area contributed by atoms with Crippen LogP contribution in [0.15, 0.2) is 48.5 Å². The number of carbonyl (C=O) groups excluding carboxylic acids is 1. The molecule has 4 nitrogen and oxygen atoms in total. The number of hydrogen-bond donors (Lipinski definition) is 1.